The van der Waals surface area contributed by atoms with Crippen LogP contribution in [0.15, 0.2) is 95.6 Å². The van der Waals surface area contributed by atoms with Crippen molar-refractivity contribution in [2.75, 3.05) is 5.32 Å². The monoisotopic (exact) mass is 585 g/mol. The van der Waals surface area contributed by atoms with E-state index in [9.17, 15) is 4.79 Å². The van der Waals surface area contributed by atoms with E-state index in [2.05, 4.69) is 68.1 Å². The number of halogens is 2. The Kier molecular flexibility index (Phi) is 6.87. The molecule has 190 valence electrons. The van der Waals surface area contributed by atoms with Crippen LogP contribution in [0.2, 0.25) is 5.02 Å². The van der Waals surface area contributed by atoms with E-state index in [1.54, 1.807) is 10.7 Å². The number of anilines is 1. The molecule has 2 atom stereocenters. The molecule has 0 radical (unpaired) electrons. The van der Waals surface area contributed by atoms with Crippen molar-refractivity contribution in [3.63, 3.8) is 0 Å². The lowest BCUT2D eigenvalue weighted by atomic mass is 10.1. The summed E-state index contributed by atoms with van der Waals surface area (Å²) in [6.45, 7) is 1.13. The van der Waals surface area contributed by atoms with Gasteiger partial charge in [0.05, 0.1) is 16.4 Å². The van der Waals surface area contributed by atoms with E-state index in [-0.39, 0.29) is 11.8 Å². The minimum Gasteiger partial charge on any atom is -0.366 e. The molecule has 6 rings (SSSR count). The lowest BCUT2D eigenvalue weighted by Crippen LogP contribution is -2.24. The summed E-state index contributed by atoms with van der Waals surface area (Å²) in [6.07, 6.45) is 2.66. The summed E-state index contributed by atoms with van der Waals surface area (Å²) in [5, 5.41) is 11.7. The van der Waals surface area contributed by atoms with E-state index in [1.807, 2.05) is 48.5 Å². The summed E-state index contributed by atoms with van der Waals surface area (Å²) in [7, 11) is 0. The number of nitrogens with one attached hydrogen (secondary N) is 2. The molecule has 0 spiro atoms. The smallest absolute Gasteiger partial charge is 0.224 e. The van der Waals surface area contributed by atoms with Crippen molar-refractivity contribution >= 4 is 44.9 Å². The Morgan fingerprint density at radius 1 is 0.974 bits per heavy atom. The number of benzene rings is 3. The number of carbonyl (C=O) groups is 1. The van der Waals surface area contributed by atoms with Gasteiger partial charge in [-0.05, 0) is 51.0 Å². The molecule has 1 aliphatic rings. The second-order valence-electron chi connectivity index (χ2n) is 9.48. The largest absolute Gasteiger partial charge is 0.366 e. The topological polar surface area (TPSA) is 71.3 Å². The van der Waals surface area contributed by atoms with Crippen molar-refractivity contribution in [1.82, 2.24) is 19.9 Å². The summed E-state index contributed by atoms with van der Waals surface area (Å²) in [5.74, 6) is 1.37. The Labute approximate surface area is 234 Å². The third-order valence-corrected chi connectivity index (χ3v) is 7.79. The van der Waals surface area contributed by atoms with Crippen LogP contribution < -0.4 is 10.6 Å². The second kappa shape index (κ2) is 10.6. The average Bonchev–Trinajstić information content (AvgIpc) is 3.68. The molecule has 2 unspecified atom stereocenters. The highest BCUT2D eigenvalue weighted by atomic mass is 79.9. The number of carbonyl (C=O) groups excluding carboxylic acids is 1. The van der Waals surface area contributed by atoms with Gasteiger partial charge < -0.3 is 10.6 Å². The van der Waals surface area contributed by atoms with Gasteiger partial charge in [0.15, 0.2) is 5.65 Å². The zero-order valence-corrected chi connectivity index (χ0v) is 22.8. The highest BCUT2D eigenvalue weighted by Crippen LogP contribution is 2.47. The summed E-state index contributed by atoms with van der Waals surface area (Å²) in [6, 6.07) is 28.2. The first-order valence-electron chi connectivity index (χ1n) is 12.5. The molecule has 1 fully saturated rings. The number of hydrogen-bond acceptors (Lipinski definition) is 4. The van der Waals surface area contributed by atoms with Crippen LogP contribution >= 0.6 is 27.5 Å². The number of fused-ring (bicyclic) bond motifs is 1. The summed E-state index contributed by atoms with van der Waals surface area (Å²) in [5.41, 5.74) is 5.77. The molecule has 0 saturated heterocycles. The van der Waals surface area contributed by atoms with E-state index < -0.39 is 0 Å². The maximum Gasteiger partial charge on any atom is 0.224 e. The molecule has 1 saturated carbocycles. The highest BCUT2D eigenvalue weighted by molar-refractivity contribution is 9.10. The van der Waals surface area contributed by atoms with Crippen LogP contribution in [0, 0.1) is 5.92 Å². The van der Waals surface area contributed by atoms with Crippen LogP contribution in [0.1, 0.15) is 29.0 Å². The zero-order chi connectivity index (χ0) is 26.1. The van der Waals surface area contributed by atoms with Crippen LogP contribution in [0.5, 0.6) is 0 Å². The summed E-state index contributed by atoms with van der Waals surface area (Å²) in [4.78, 5) is 17.4. The number of hydrogen-bond donors (Lipinski definition) is 2. The van der Waals surface area contributed by atoms with E-state index in [4.69, 9.17) is 16.6 Å². The first-order valence-corrected chi connectivity index (χ1v) is 13.7. The van der Waals surface area contributed by atoms with E-state index >= 15 is 0 Å². The van der Waals surface area contributed by atoms with Crippen molar-refractivity contribution in [3.8, 4) is 11.3 Å². The molecule has 0 aliphatic heterocycles. The molecule has 5 aromatic rings. The van der Waals surface area contributed by atoms with Crippen molar-refractivity contribution in [1.29, 1.82) is 0 Å². The van der Waals surface area contributed by atoms with Gasteiger partial charge in [-0.3, -0.25) is 4.79 Å². The normalized spacial score (nSPS) is 16.4. The third-order valence-electron chi connectivity index (χ3n) is 6.90. The standard InChI is InChI=1S/C30H25BrClN5O/c31-25-18-35-37-28(15-27(36-29(25)37)22-8-4-5-9-26(22)32)33-16-19-10-12-20(13-11-19)17-34-30(38)24-14-23(24)21-6-2-1-3-7-21/h1-13,15,18,23-24,33H,14,16-17H2,(H,34,38). The molecule has 1 amide bonds. The molecule has 3 aromatic carbocycles. The van der Waals surface area contributed by atoms with Gasteiger partial charge in [0.1, 0.15) is 5.82 Å². The molecule has 8 heteroatoms. The third kappa shape index (κ3) is 5.17. The fraction of sp³-hybridized carbons (Fsp3) is 0.167. The SMILES string of the molecule is O=C(NCc1ccc(CNc2cc(-c3ccccc3Cl)nc3c(Br)cnn23)cc1)C1CC1c1ccccc1. The molecule has 2 heterocycles. The molecule has 2 aromatic heterocycles. The van der Waals surface area contributed by atoms with Gasteiger partial charge in [-0.25, -0.2) is 4.98 Å². The van der Waals surface area contributed by atoms with Gasteiger partial charge in [-0.2, -0.15) is 9.61 Å². The molecule has 1 aliphatic carbocycles. The van der Waals surface area contributed by atoms with Crippen molar-refractivity contribution in [2.24, 2.45) is 5.92 Å². The van der Waals surface area contributed by atoms with Gasteiger partial charge in [0, 0.05) is 35.7 Å². The number of nitrogens with zero attached hydrogens (tertiary/aromatic N) is 3. The van der Waals surface area contributed by atoms with Crippen LogP contribution in [0.4, 0.5) is 5.82 Å². The predicted molar refractivity (Wildman–Crippen MR) is 154 cm³/mol. The Balaban J connectivity index is 1.10. The van der Waals surface area contributed by atoms with E-state index in [0.717, 1.165) is 39.1 Å². The maximum atomic E-state index is 12.6. The Bertz CT molecular complexity index is 1600. The molecule has 6 nitrogen and oxygen atoms in total. The molecular formula is C30H25BrClN5O. The summed E-state index contributed by atoms with van der Waals surface area (Å²) >= 11 is 9.99. The highest BCUT2D eigenvalue weighted by Gasteiger charge is 2.43. The molecule has 38 heavy (non-hydrogen) atoms. The number of amides is 1. The Hall–Kier alpha value is -3.68. The van der Waals surface area contributed by atoms with Crippen LogP contribution in [0.3, 0.4) is 0 Å². The van der Waals surface area contributed by atoms with Crippen molar-refractivity contribution in [3.05, 3.63) is 117 Å². The Morgan fingerprint density at radius 3 is 2.45 bits per heavy atom. The maximum absolute atomic E-state index is 12.6. The lowest BCUT2D eigenvalue weighted by Gasteiger charge is -2.12. The molecule has 0 bridgehead atoms. The lowest BCUT2D eigenvalue weighted by molar-refractivity contribution is -0.122. The van der Waals surface area contributed by atoms with Gasteiger partial charge in [0.2, 0.25) is 5.91 Å². The van der Waals surface area contributed by atoms with Gasteiger partial charge >= 0.3 is 0 Å². The fourth-order valence-electron chi connectivity index (χ4n) is 4.71. The second-order valence-corrected chi connectivity index (χ2v) is 10.7. The van der Waals surface area contributed by atoms with Gasteiger partial charge in [-0.1, -0.05) is 84.4 Å². The van der Waals surface area contributed by atoms with Crippen molar-refractivity contribution in [2.45, 2.75) is 25.4 Å². The van der Waals surface area contributed by atoms with Crippen LogP contribution in [-0.4, -0.2) is 20.5 Å². The first-order chi connectivity index (χ1) is 18.6. The van der Waals surface area contributed by atoms with Gasteiger partial charge in [0.25, 0.3) is 0 Å². The summed E-state index contributed by atoms with van der Waals surface area (Å²) < 4.78 is 2.58. The fourth-order valence-corrected chi connectivity index (χ4v) is 5.29. The van der Waals surface area contributed by atoms with Gasteiger partial charge in [-0.15, -0.1) is 0 Å². The molecule has 2 N–H and O–H groups in total. The van der Waals surface area contributed by atoms with Crippen molar-refractivity contribution < 1.29 is 4.79 Å². The van der Waals surface area contributed by atoms with Crippen LogP contribution in [-0.2, 0) is 17.9 Å². The van der Waals surface area contributed by atoms with E-state index in [0.29, 0.717) is 29.7 Å². The average molecular weight is 587 g/mol. The number of rotatable bonds is 8. The zero-order valence-electron chi connectivity index (χ0n) is 20.4. The number of aromatic nitrogens is 3. The predicted octanol–water partition coefficient (Wildman–Crippen LogP) is 6.84. The minimum absolute atomic E-state index is 0.0797. The van der Waals surface area contributed by atoms with Crippen LogP contribution in [0.25, 0.3) is 16.9 Å². The minimum atomic E-state index is 0.0797. The van der Waals surface area contributed by atoms with E-state index in [1.165, 1.54) is 5.56 Å². The Morgan fingerprint density at radius 2 is 1.68 bits per heavy atom. The molecular weight excluding hydrogens is 562 g/mol. The first kappa shape index (κ1) is 24.6. The quantitative estimate of drug-likeness (QED) is 0.209.